The number of nitrogens with two attached hydrogens (primary N) is 1. The van der Waals surface area contributed by atoms with Crippen LogP contribution in [0.5, 0.6) is 0 Å². The summed E-state index contributed by atoms with van der Waals surface area (Å²) in [5.74, 6) is -1.20. The first-order valence-corrected chi connectivity index (χ1v) is 3.99. The molecule has 0 fully saturated rings. The van der Waals surface area contributed by atoms with Gasteiger partial charge in [-0.05, 0) is 13.8 Å². The molecule has 0 amide bonds. The number of rotatable bonds is 1. The fourth-order valence-electron chi connectivity index (χ4n) is 1.08. The molecule has 1 heterocycles. The van der Waals surface area contributed by atoms with Crippen LogP contribution in [0.2, 0.25) is 0 Å². The molecule has 0 spiro atoms. The number of aryl methyl sites for hydroxylation is 1. The molecule has 0 radical (unpaired) electrons. The molecule has 0 atom stereocenters. The minimum absolute atomic E-state index is 0.0575. The van der Waals surface area contributed by atoms with Gasteiger partial charge in [-0.1, -0.05) is 0 Å². The number of hydrogen-bond acceptors (Lipinski definition) is 4. The van der Waals surface area contributed by atoms with E-state index < -0.39 is 11.8 Å². The fourth-order valence-corrected chi connectivity index (χ4v) is 1.08. The second kappa shape index (κ2) is 3.61. The quantitative estimate of drug-likeness (QED) is 0.689. The summed E-state index contributed by atoms with van der Waals surface area (Å²) in [6, 6.07) is 0. The summed E-state index contributed by atoms with van der Waals surface area (Å²) < 4.78 is 17.7. The van der Waals surface area contributed by atoms with E-state index in [-0.39, 0.29) is 17.1 Å². The molecule has 76 valence electrons. The molecule has 1 aromatic heterocycles. The van der Waals surface area contributed by atoms with Crippen molar-refractivity contribution in [1.29, 1.82) is 0 Å². The minimum atomic E-state index is -0.614. The maximum absolute atomic E-state index is 13.2. The number of hydrogen-bond donors (Lipinski definition) is 1. The number of nitrogens with zero attached hydrogens (tertiary/aromatic N) is 1. The number of pyridine rings is 1. The van der Waals surface area contributed by atoms with Crippen LogP contribution in [0.4, 0.5) is 10.1 Å². The lowest BCUT2D eigenvalue weighted by molar-refractivity contribution is 0.0593. The molecule has 0 unspecified atom stereocenters. The Morgan fingerprint density at radius 2 is 2.07 bits per heavy atom. The van der Waals surface area contributed by atoms with Crippen LogP contribution in [0.1, 0.15) is 21.7 Å². The van der Waals surface area contributed by atoms with Crippen LogP contribution < -0.4 is 5.73 Å². The van der Waals surface area contributed by atoms with Gasteiger partial charge >= 0.3 is 5.97 Å². The zero-order valence-electron chi connectivity index (χ0n) is 8.22. The Morgan fingerprint density at radius 3 is 2.57 bits per heavy atom. The summed E-state index contributed by atoms with van der Waals surface area (Å²) in [6.45, 7) is 2.97. The van der Waals surface area contributed by atoms with Gasteiger partial charge in [0.25, 0.3) is 0 Å². The van der Waals surface area contributed by atoms with Crippen LogP contribution in [-0.4, -0.2) is 18.1 Å². The van der Waals surface area contributed by atoms with Gasteiger partial charge in [-0.25, -0.2) is 14.2 Å². The van der Waals surface area contributed by atoms with Gasteiger partial charge in [-0.3, -0.25) is 0 Å². The van der Waals surface area contributed by atoms with Crippen molar-refractivity contribution < 1.29 is 13.9 Å². The Balaban J connectivity index is 3.40. The Labute approximate surface area is 80.9 Å². The second-order valence-electron chi connectivity index (χ2n) is 2.89. The predicted octanol–water partition coefficient (Wildman–Crippen LogP) is 1.21. The molecule has 2 N–H and O–H groups in total. The maximum Gasteiger partial charge on any atom is 0.357 e. The average molecular weight is 198 g/mol. The highest BCUT2D eigenvalue weighted by molar-refractivity contribution is 5.90. The third-order valence-electron chi connectivity index (χ3n) is 1.97. The van der Waals surface area contributed by atoms with Crippen molar-refractivity contribution in [3.8, 4) is 0 Å². The van der Waals surface area contributed by atoms with Crippen molar-refractivity contribution >= 4 is 11.7 Å². The van der Waals surface area contributed by atoms with Crippen LogP contribution in [0.15, 0.2) is 0 Å². The minimum Gasteiger partial charge on any atom is -0.464 e. The molecule has 0 aliphatic carbocycles. The number of carbonyl (C=O) groups excluding carboxylic acids is 1. The number of nitrogen functional groups attached to an aromatic ring is 1. The Bertz CT molecular complexity index is 391. The van der Waals surface area contributed by atoms with E-state index in [9.17, 15) is 9.18 Å². The molecular formula is C9H11FN2O2. The number of anilines is 1. The van der Waals surface area contributed by atoms with Crippen LogP contribution in [0.3, 0.4) is 0 Å². The van der Waals surface area contributed by atoms with E-state index >= 15 is 0 Å². The SMILES string of the molecule is COC(=O)c1nc(C)c(F)c(N)c1C. The standard InChI is InChI=1S/C9H11FN2O2/c1-4-7(11)6(10)5(2)12-8(4)9(13)14-3/h1-3H3,(H2,11,12). The molecule has 1 aromatic rings. The Kier molecular flexibility index (Phi) is 2.69. The van der Waals surface area contributed by atoms with Crippen LogP contribution in [-0.2, 0) is 4.74 Å². The van der Waals surface area contributed by atoms with Crippen molar-refractivity contribution in [2.24, 2.45) is 0 Å². The predicted molar refractivity (Wildman–Crippen MR) is 49.4 cm³/mol. The zero-order valence-corrected chi connectivity index (χ0v) is 8.22. The monoisotopic (exact) mass is 198 g/mol. The molecule has 0 bridgehead atoms. The topological polar surface area (TPSA) is 65.2 Å². The van der Waals surface area contributed by atoms with Crippen LogP contribution in [0, 0.1) is 19.7 Å². The van der Waals surface area contributed by atoms with Gasteiger partial charge in [0.15, 0.2) is 11.5 Å². The lowest BCUT2D eigenvalue weighted by atomic mass is 10.1. The summed E-state index contributed by atoms with van der Waals surface area (Å²) in [5.41, 5.74) is 5.85. The summed E-state index contributed by atoms with van der Waals surface area (Å²) in [4.78, 5) is 15.0. The van der Waals surface area contributed by atoms with Crippen molar-refractivity contribution in [1.82, 2.24) is 4.98 Å². The summed E-state index contributed by atoms with van der Waals surface area (Å²) >= 11 is 0. The highest BCUT2D eigenvalue weighted by atomic mass is 19.1. The first-order valence-electron chi connectivity index (χ1n) is 3.99. The molecular weight excluding hydrogens is 187 g/mol. The zero-order chi connectivity index (χ0) is 10.9. The maximum atomic E-state index is 13.2. The van der Waals surface area contributed by atoms with E-state index in [1.807, 2.05) is 0 Å². The molecule has 0 saturated heterocycles. The molecule has 4 nitrogen and oxygen atoms in total. The molecule has 0 aliphatic heterocycles. The van der Waals surface area contributed by atoms with E-state index in [2.05, 4.69) is 9.72 Å². The van der Waals surface area contributed by atoms with E-state index in [4.69, 9.17) is 5.73 Å². The van der Waals surface area contributed by atoms with Gasteiger partial charge in [0.2, 0.25) is 0 Å². The molecule has 5 heteroatoms. The van der Waals surface area contributed by atoms with Crippen LogP contribution in [0.25, 0.3) is 0 Å². The molecule has 14 heavy (non-hydrogen) atoms. The second-order valence-corrected chi connectivity index (χ2v) is 2.89. The number of carbonyl (C=O) groups is 1. The normalized spacial score (nSPS) is 10.0. The summed E-state index contributed by atoms with van der Waals surface area (Å²) in [5, 5.41) is 0. The number of ether oxygens (including phenoxy) is 1. The number of esters is 1. The van der Waals surface area contributed by atoms with Gasteiger partial charge in [-0.2, -0.15) is 0 Å². The summed E-state index contributed by atoms with van der Waals surface area (Å²) in [6.07, 6.45) is 0. The first-order chi connectivity index (χ1) is 6.49. The van der Waals surface area contributed by atoms with Gasteiger partial charge in [0.1, 0.15) is 0 Å². The van der Waals surface area contributed by atoms with Crippen molar-refractivity contribution in [3.05, 3.63) is 22.8 Å². The van der Waals surface area contributed by atoms with Crippen molar-refractivity contribution in [2.75, 3.05) is 12.8 Å². The van der Waals surface area contributed by atoms with E-state index in [1.54, 1.807) is 0 Å². The first kappa shape index (κ1) is 10.4. The van der Waals surface area contributed by atoms with Gasteiger partial charge in [-0.15, -0.1) is 0 Å². The molecule has 0 aromatic carbocycles. The smallest absolute Gasteiger partial charge is 0.357 e. The highest BCUT2D eigenvalue weighted by Gasteiger charge is 2.17. The lowest BCUT2D eigenvalue weighted by Gasteiger charge is -2.08. The summed E-state index contributed by atoms with van der Waals surface area (Å²) in [7, 11) is 1.23. The van der Waals surface area contributed by atoms with E-state index in [0.717, 1.165) is 0 Å². The van der Waals surface area contributed by atoms with Crippen molar-refractivity contribution in [3.63, 3.8) is 0 Å². The van der Waals surface area contributed by atoms with Crippen molar-refractivity contribution in [2.45, 2.75) is 13.8 Å². The average Bonchev–Trinajstić information content (AvgIpc) is 2.19. The fraction of sp³-hybridized carbons (Fsp3) is 0.333. The van der Waals surface area contributed by atoms with E-state index in [1.165, 1.54) is 21.0 Å². The van der Waals surface area contributed by atoms with Gasteiger partial charge < -0.3 is 10.5 Å². The van der Waals surface area contributed by atoms with Crippen LogP contribution >= 0.6 is 0 Å². The molecule has 0 aliphatic rings. The lowest BCUT2D eigenvalue weighted by Crippen LogP contribution is -2.12. The third-order valence-corrected chi connectivity index (χ3v) is 1.97. The van der Waals surface area contributed by atoms with Gasteiger partial charge in [0.05, 0.1) is 18.5 Å². The molecule has 1 rings (SSSR count). The number of aromatic nitrogens is 1. The Hall–Kier alpha value is -1.65. The third kappa shape index (κ3) is 1.53. The molecule has 0 saturated carbocycles. The number of halogens is 1. The highest BCUT2D eigenvalue weighted by Crippen LogP contribution is 2.20. The largest absolute Gasteiger partial charge is 0.464 e. The van der Waals surface area contributed by atoms with Gasteiger partial charge in [0, 0.05) is 5.56 Å². The Morgan fingerprint density at radius 1 is 1.50 bits per heavy atom. The number of methoxy groups -OCH3 is 1. The van der Waals surface area contributed by atoms with E-state index in [0.29, 0.717) is 5.56 Å².